The highest BCUT2D eigenvalue weighted by Gasteiger charge is 2.37. The number of rotatable bonds is 12. The van der Waals surface area contributed by atoms with E-state index in [-0.39, 0.29) is 35.9 Å². The number of hydrogen-bond donors (Lipinski definition) is 3. The number of nitrogens with one attached hydrogen (secondary N) is 1. The van der Waals surface area contributed by atoms with Crippen LogP contribution in [0.3, 0.4) is 0 Å². The molecule has 6 rings (SSSR count). The maximum absolute atomic E-state index is 13.8. The number of nitrogens with zero attached hydrogens (tertiary/aromatic N) is 3. The molecular formula is C43H49ClN4O4. The monoisotopic (exact) mass is 720 g/mol. The molecule has 1 saturated carbocycles. The third kappa shape index (κ3) is 8.15. The SMILES string of the molecule is C=C(O)C1(C)CCC(N2CCc3c(C)cc(C(=O)Cc4cccc(-c5cccc(NC(=O)c6ccc(CCCCO)cn6)c5C)c4Cl)nc3C2)CC1. The van der Waals surface area contributed by atoms with Gasteiger partial charge in [0.15, 0.2) is 5.78 Å². The molecular weight excluding hydrogens is 672 g/mol. The fourth-order valence-electron chi connectivity index (χ4n) is 7.70. The lowest BCUT2D eigenvalue weighted by Gasteiger charge is -2.42. The van der Waals surface area contributed by atoms with Gasteiger partial charge in [-0.25, -0.2) is 4.98 Å². The molecule has 3 N–H and O–H groups in total. The number of aliphatic hydroxyl groups excluding tert-OH is 2. The normalized spacial score (nSPS) is 18.8. The average Bonchev–Trinajstić information content (AvgIpc) is 3.14. The van der Waals surface area contributed by atoms with Crippen LogP contribution in [0.2, 0.25) is 5.02 Å². The van der Waals surface area contributed by atoms with Gasteiger partial charge in [0.25, 0.3) is 5.91 Å². The maximum Gasteiger partial charge on any atom is 0.274 e. The summed E-state index contributed by atoms with van der Waals surface area (Å²) in [4.78, 5) is 38.7. The quantitative estimate of drug-likeness (QED) is 0.0761. The first-order valence-corrected chi connectivity index (χ1v) is 18.7. The minimum atomic E-state index is -0.307. The number of benzene rings is 2. The molecule has 1 amide bonds. The summed E-state index contributed by atoms with van der Waals surface area (Å²) in [7, 11) is 0. The van der Waals surface area contributed by atoms with Gasteiger partial charge in [0.1, 0.15) is 11.4 Å². The number of halogens is 1. The topological polar surface area (TPSA) is 116 Å². The summed E-state index contributed by atoms with van der Waals surface area (Å²) in [5, 5.41) is 22.6. The molecule has 3 heterocycles. The van der Waals surface area contributed by atoms with Crippen molar-refractivity contribution in [1.29, 1.82) is 0 Å². The van der Waals surface area contributed by atoms with E-state index in [9.17, 15) is 14.7 Å². The molecule has 272 valence electrons. The number of anilines is 1. The molecule has 0 bridgehead atoms. The molecule has 4 aromatic rings. The van der Waals surface area contributed by atoms with Gasteiger partial charge < -0.3 is 15.5 Å². The molecule has 0 unspecified atom stereocenters. The molecule has 8 nitrogen and oxygen atoms in total. The number of aryl methyl sites for hydroxylation is 2. The zero-order valence-electron chi connectivity index (χ0n) is 30.5. The second-order valence-corrected chi connectivity index (χ2v) is 15.1. The predicted octanol–water partition coefficient (Wildman–Crippen LogP) is 8.79. The van der Waals surface area contributed by atoms with Gasteiger partial charge in [-0.15, -0.1) is 0 Å². The van der Waals surface area contributed by atoms with Crippen molar-refractivity contribution in [2.24, 2.45) is 5.41 Å². The van der Waals surface area contributed by atoms with Crippen molar-refractivity contribution in [3.63, 3.8) is 0 Å². The number of amides is 1. The van der Waals surface area contributed by atoms with Gasteiger partial charge in [0, 0.05) is 55.0 Å². The third-order valence-corrected chi connectivity index (χ3v) is 11.7. The summed E-state index contributed by atoms with van der Waals surface area (Å²) in [5.41, 5.74) is 8.77. The molecule has 9 heteroatoms. The Balaban J connectivity index is 1.15. The van der Waals surface area contributed by atoms with Gasteiger partial charge in [-0.2, -0.15) is 0 Å². The van der Waals surface area contributed by atoms with Crippen molar-refractivity contribution in [2.75, 3.05) is 18.5 Å². The zero-order chi connectivity index (χ0) is 37.0. The molecule has 2 aromatic carbocycles. The fourth-order valence-corrected chi connectivity index (χ4v) is 7.99. The number of ketones is 1. The summed E-state index contributed by atoms with van der Waals surface area (Å²) in [6.45, 7) is 11.8. The number of aliphatic hydroxyl groups is 2. The largest absolute Gasteiger partial charge is 0.512 e. The molecule has 2 aliphatic rings. The molecule has 1 fully saturated rings. The molecule has 2 aromatic heterocycles. The van der Waals surface area contributed by atoms with E-state index in [1.165, 1.54) is 5.56 Å². The number of hydrogen-bond acceptors (Lipinski definition) is 7. The predicted molar refractivity (Wildman–Crippen MR) is 207 cm³/mol. The number of allylic oxidation sites excluding steroid dienone is 1. The van der Waals surface area contributed by atoms with E-state index < -0.39 is 0 Å². The van der Waals surface area contributed by atoms with Crippen LogP contribution in [-0.2, 0) is 25.8 Å². The first kappa shape index (κ1) is 37.4. The summed E-state index contributed by atoms with van der Waals surface area (Å²) < 4.78 is 0. The smallest absolute Gasteiger partial charge is 0.274 e. The van der Waals surface area contributed by atoms with Crippen LogP contribution in [0.25, 0.3) is 11.1 Å². The Labute approximate surface area is 312 Å². The van der Waals surface area contributed by atoms with E-state index in [4.69, 9.17) is 21.7 Å². The van der Waals surface area contributed by atoms with Gasteiger partial charge in [0.2, 0.25) is 0 Å². The van der Waals surface area contributed by atoms with Gasteiger partial charge >= 0.3 is 0 Å². The fraction of sp³-hybridized carbons (Fsp3) is 0.395. The van der Waals surface area contributed by atoms with Crippen LogP contribution >= 0.6 is 11.6 Å². The summed E-state index contributed by atoms with van der Waals surface area (Å²) >= 11 is 7.04. The van der Waals surface area contributed by atoms with Crippen LogP contribution < -0.4 is 5.32 Å². The Hall–Kier alpha value is -4.37. The van der Waals surface area contributed by atoms with Crippen molar-refractivity contribution in [3.05, 3.63) is 123 Å². The van der Waals surface area contributed by atoms with Crippen molar-refractivity contribution >= 4 is 29.0 Å². The van der Waals surface area contributed by atoms with Crippen molar-refractivity contribution in [1.82, 2.24) is 14.9 Å². The summed E-state index contributed by atoms with van der Waals surface area (Å²) in [6.07, 6.45) is 8.97. The highest BCUT2D eigenvalue weighted by Crippen LogP contribution is 2.42. The van der Waals surface area contributed by atoms with Crippen LogP contribution in [0.15, 0.2) is 73.1 Å². The highest BCUT2D eigenvalue weighted by atomic mass is 35.5. The summed E-state index contributed by atoms with van der Waals surface area (Å²) in [6, 6.07) is 17.4. The van der Waals surface area contributed by atoms with E-state index in [2.05, 4.69) is 35.6 Å². The van der Waals surface area contributed by atoms with Crippen molar-refractivity contribution in [2.45, 2.75) is 91.1 Å². The van der Waals surface area contributed by atoms with E-state index in [1.807, 2.05) is 55.5 Å². The van der Waals surface area contributed by atoms with Gasteiger partial charge in [0.05, 0.1) is 16.5 Å². The minimum absolute atomic E-state index is 0.0818. The minimum Gasteiger partial charge on any atom is -0.512 e. The van der Waals surface area contributed by atoms with Gasteiger partial charge in [-0.05, 0) is 117 Å². The van der Waals surface area contributed by atoms with Crippen molar-refractivity contribution in [3.8, 4) is 11.1 Å². The number of unbranched alkanes of at least 4 members (excludes halogenated alkanes) is 1. The lowest BCUT2D eigenvalue weighted by atomic mass is 9.72. The third-order valence-electron chi connectivity index (χ3n) is 11.2. The van der Waals surface area contributed by atoms with Crippen LogP contribution in [0, 0.1) is 19.3 Å². The maximum atomic E-state index is 13.8. The Morgan fingerprint density at radius 3 is 2.50 bits per heavy atom. The van der Waals surface area contributed by atoms with Crippen LogP contribution in [0.4, 0.5) is 5.69 Å². The Morgan fingerprint density at radius 1 is 1.04 bits per heavy atom. The molecule has 1 aliphatic carbocycles. The summed E-state index contributed by atoms with van der Waals surface area (Å²) in [5.74, 6) is -0.101. The van der Waals surface area contributed by atoms with E-state index >= 15 is 0 Å². The first-order chi connectivity index (χ1) is 25.0. The molecule has 0 saturated heterocycles. The van der Waals surface area contributed by atoms with Crippen LogP contribution in [-0.4, -0.2) is 56.0 Å². The number of Topliss-reactive ketones (excluding diaryl/α,β-unsaturated/α-hetero) is 1. The number of carbonyl (C=O) groups is 2. The highest BCUT2D eigenvalue weighted by molar-refractivity contribution is 6.34. The van der Waals surface area contributed by atoms with E-state index in [0.717, 1.165) is 97.0 Å². The number of pyridine rings is 2. The Kier molecular flexibility index (Phi) is 11.6. The number of aromatic nitrogens is 2. The standard InChI is InChI=1S/C43H49ClN4O4/c1-27-23-38(46-39-26-48(21-18-33(27)39)32-16-19-43(4,20-17-32)29(3)50)40(51)24-31-10-7-12-35(41(31)44)34-11-8-13-36(28(34)2)47-42(52)37-15-14-30(25-45-37)9-5-6-22-49/h7-8,10-15,23,25,32,49-50H,3,5-6,9,16-22,24,26H2,1-2,4H3,(H,47,52). The average molecular weight is 721 g/mol. The molecule has 0 spiro atoms. The molecule has 52 heavy (non-hydrogen) atoms. The van der Waals surface area contributed by atoms with Gasteiger partial charge in [-0.3, -0.25) is 19.5 Å². The van der Waals surface area contributed by atoms with Crippen LogP contribution in [0.5, 0.6) is 0 Å². The number of carbonyl (C=O) groups excluding carboxylic acids is 2. The van der Waals surface area contributed by atoms with Crippen molar-refractivity contribution < 1.29 is 19.8 Å². The van der Waals surface area contributed by atoms with Gasteiger partial charge in [-0.1, -0.05) is 61.5 Å². The molecule has 1 aliphatic heterocycles. The number of fused-ring (bicyclic) bond motifs is 1. The Morgan fingerprint density at radius 2 is 1.79 bits per heavy atom. The second kappa shape index (κ2) is 16.1. The Bertz CT molecular complexity index is 1970. The molecule has 0 atom stereocenters. The lowest BCUT2D eigenvalue weighted by molar-refractivity contribution is 0.0823. The van der Waals surface area contributed by atoms with Crippen LogP contribution in [0.1, 0.15) is 99.9 Å². The van der Waals surface area contributed by atoms with E-state index in [1.54, 1.807) is 12.3 Å². The lowest BCUT2D eigenvalue weighted by Crippen LogP contribution is -2.43. The zero-order valence-corrected chi connectivity index (χ0v) is 31.2. The van der Waals surface area contributed by atoms with E-state index in [0.29, 0.717) is 34.7 Å². The second-order valence-electron chi connectivity index (χ2n) is 14.8. The molecule has 0 radical (unpaired) electrons. The first-order valence-electron chi connectivity index (χ1n) is 18.4.